The second-order valence-electron chi connectivity index (χ2n) is 6.60. The maximum absolute atomic E-state index is 11.0. The van der Waals surface area contributed by atoms with Crippen LogP contribution in [0.4, 0.5) is 0 Å². The van der Waals surface area contributed by atoms with Crippen LogP contribution >= 0.6 is 11.6 Å². The summed E-state index contributed by atoms with van der Waals surface area (Å²) < 4.78 is 0. The highest BCUT2D eigenvalue weighted by Gasteiger charge is 2.28. The van der Waals surface area contributed by atoms with Gasteiger partial charge in [0.05, 0.1) is 6.04 Å². The lowest BCUT2D eigenvalue weighted by Gasteiger charge is -2.36. The van der Waals surface area contributed by atoms with Crippen molar-refractivity contribution in [1.29, 1.82) is 0 Å². The van der Waals surface area contributed by atoms with Crippen molar-refractivity contribution in [2.45, 2.75) is 25.3 Å². The monoisotopic (exact) mass is 352 g/mol. The summed E-state index contributed by atoms with van der Waals surface area (Å²) in [6, 6.07) is 15.8. The molecule has 4 rings (SSSR count). The smallest absolute Gasteiger partial charge is 0.146 e. The fraction of sp³-hybridized carbons (Fsp3) is 0.286. The van der Waals surface area contributed by atoms with Crippen molar-refractivity contribution in [2.75, 3.05) is 13.1 Å². The van der Waals surface area contributed by atoms with Crippen LogP contribution in [0.15, 0.2) is 54.7 Å². The van der Waals surface area contributed by atoms with E-state index in [-0.39, 0.29) is 11.8 Å². The molecule has 1 aliphatic heterocycles. The number of fused-ring (bicyclic) bond motifs is 1. The summed E-state index contributed by atoms with van der Waals surface area (Å²) in [4.78, 5) is 6.81. The van der Waals surface area contributed by atoms with Crippen molar-refractivity contribution >= 4 is 22.5 Å². The van der Waals surface area contributed by atoms with Gasteiger partial charge in [-0.1, -0.05) is 54.4 Å². The number of pyridine rings is 1. The third-order valence-electron chi connectivity index (χ3n) is 5.03. The summed E-state index contributed by atoms with van der Waals surface area (Å²) >= 11 is 6.53. The summed E-state index contributed by atoms with van der Waals surface area (Å²) in [5, 5.41) is 12.7. The van der Waals surface area contributed by atoms with E-state index in [1.807, 2.05) is 42.5 Å². The van der Waals surface area contributed by atoms with Crippen LogP contribution in [0, 0.1) is 0 Å². The van der Waals surface area contributed by atoms with Gasteiger partial charge in [0, 0.05) is 22.2 Å². The first kappa shape index (κ1) is 16.4. The number of halogens is 1. The first-order valence-electron chi connectivity index (χ1n) is 8.81. The Kier molecular flexibility index (Phi) is 4.60. The second-order valence-corrected chi connectivity index (χ2v) is 7.01. The molecule has 1 aliphatic rings. The van der Waals surface area contributed by atoms with Crippen molar-refractivity contribution in [3.8, 4) is 5.75 Å². The maximum atomic E-state index is 11.0. The predicted octanol–water partition coefficient (Wildman–Crippen LogP) is 5.17. The van der Waals surface area contributed by atoms with E-state index in [1.54, 1.807) is 6.20 Å². The van der Waals surface area contributed by atoms with Gasteiger partial charge in [0.25, 0.3) is 0 Å². The van der Waals surface area contributed by atoms with Crippen LogP contribution in [-0.2, 0) is 0 Å². The highest BCUT2D eigenvalue weighted by atomic mass is 35.5. The van der Waals surface area contributed by atoms with E-state index in [0.29, 0.717) is 5.52 Å². The molecule has 1 N–H and O–H groups in total. The van der Waals surface area contributed by atoms with E-state index in [4.69, 9.17) is 11.6 Å². The molecule has 2 heterocycles. The third kappa shape index (κ3) is 3.10. The molecule has 0 spiro atoms. The third-order valence-corrected chi connectivity index (χ3v) is 5.37. The largest absolute Gasteiger partial charge is 0.505 e. The molecule has 1 aromatic heterocycles. The summed E-state index contributed by atoms with van der Waals surface area (Å²) in [6.45, 7) is 2.02. The van der Waals surface area contributed by atoms with Gasteiger partial charge in [-0.05, 0) is 43.6 Å². The Labute approximate surface area is 152 Å². The fourth-order valence-corrected chi connectivity index (χ4v) is 4.04. The van der Waals surface area contributed by atoms with Crippen LogP contribution in [0.2, 0.25) is 5.02 Å². The highest BCUT2D eigenvalue weighted by molar-refractivity contribution is 6.31. The number of nitrogens with zero attached hydrogens (tertiary/aromatic N) is 2. The number of aromatic hydroxyl groups is 1. The lowest BCUT2D eigenvalue weighted by atomic mass is 9.93. The molecular formula is C21H21ClN2O. The number of hydrogen-bond acceptors (Lipinski definition) is 3. The van der Waals surface area contributed by atoms with E-state index >= 15 is 0 Å². The van der Waals surface area contributed by atoms with Crippen LogP contribution < -0.4 is 0 Å². The van der Waals surface area contributed by atoms with E-state index in [2.05, 4.69) is 16.0 Å². The number of aromatic nitrogens is 1. The van der Waals surface area contributed by atoms with Gasteiger partial charge < -0.3 is 5.11 Å². The number of likely N-dealkylation sites (tertiary alicyclic amines) is 1. The van der Waals surface area contributed by atoms with Crippen molar-refractivity contribution in [2.24, 2.45) is 0 Å². The van der Waals surface area contributed by atoms with Crippen molar-refractivity contribution in [3.05, 3.63) is 70.9 Å². The molecule has 3 aromatic rings. The topological polar surface area (TPSA) is 36.4 Å². The molecule has 1 atom stereocenters. The molecule has 0 saturated carbocycles. The number of phenolic OH excluding ortho intramolecular Hbond substituents is 1. The van der Waals surface area contributed by atoms with Gasteiger partial charge in [0.2, 0.25) is 0 Å². The average molecular weight is 353 g/mol. The Morgan fingerprint density at radius 1 is 0.920 bits per heavy atom. The zero-order valence-corrected chi connectivity index (χ0v) is 14.8. The van der Waals surface area contributed by atoms with Crippen molar-refractivity contribution in [1.82, 2.24) is 9.88 Å². The lowest BCUT2D eigenvalue weighted by Crippen LogP contribution is -2.34. The van der Waals surface area contributed by atoms with Crippen LogP contribution in [-0.4, -0.2) is 28.1 Å². The molecule has 1 fully saturated rings. The molecule has 128 valence electrons. The number of piperidine rings is 1. The minimum Gasteiger partial charge on any atom is -0.505 e. The highest BCUT2D eigenvalue weighted by Crippen LogP contribution is 2.40. The quantitative estimate of drug-likeness (QED) is 0.706. The fourth-order valence-electron chi connectivity index (χ4n) is 3.80. The second kappa shape index (κ2) is 7.03. The normalized spacial score (nSPS) is 16.8. The molecule has 3 nitrogen and oxygen atoms in total. The van der Waals surface area contributed by atoms with Gasteiger partial charge in [-0.2, -0.15) is 0 Å². The molecule has 0 amide bonds. The molecule has 0 radical (unpaired) electrons. The summed E-state index contributed by atoms with van der Waals surface area (Å²) in [5.41, 5.74) is 2.56. The summed E-state index contributed by atoms with van der Waals surface area (Å²) in [6.07, 6.45) is 5.33. The number of benzene rings is 2. The molecule has 25 heavy (non-hydrogen) atoms. The summed E-state index contributed by atoms with van der Waals surface area (Å²) in [5.74, 6) is 0.258. The Bertz CT molecular complexity index is 890. The van der Waals surface area contributed by atoms with Crippen LogP contribution in [0.5, 0.6) is 5.75 Å². The van der Waals surface area contributed by atoms with Gasteiger partial charge in [-0.25, -0.2) is 0 Å². The van der Waals surface area contributed by atoms with Gasteiger partial charge in [0.15, 0.2) is 0 Å². The number of phenols is 1. The molecule has 1 saturated heterocycles. The Balaban J connectivity index is 1.89. The summed E-state index contributed by atoms with van der Waals surface area (Å²) in [7, 11) is 0. The molecule has 1 unspecified atom stereocenters. The molecule has 4 heteroatoms. The van der Waals surface area contributed by atoms with Crippen LogP contribution in [0.1, 0.15) is 36.4 Å². The van der Waals surface area contributed by atoms with E-state index < -0.39 is 0 Å². The average Bonchev–Trinajstić information content (AvgIpc) is 2.66. The SMILES string of the molecule is Oc1c(C(c2ccccc2Cl)N2CCCCC2)ccc2cccnc12. The van der Waals surface area contributed by atoms with Gasteiger partial charge >= 0.3 is 0 Å². The predicted molar refractivity (Wildman–Crippen MR) is 102 cm³/mol. The number of hydrogen-bond donors (Lipinski definition) is 1. The van der Waals surface area contributed by atoms with E-state index in [0.717, 1.165) is 34.6 Å². The Hall–Kier alpha value is -2.10. The van der Waals surface area contributed by atoms with Gasteiger partial charge in [0.1, 0.15) is 11.3 Å². The van der Waals surface area contributed by atoms with Gasteiger partial charge in [-0.3, -0.25) is 9.88 Å². The zero-order chi connectivity index (χ0) is 17.2. The lowest BCUT2D eigenvalue weighted by molar-refractivity contribution is 0.185. The molecule has 0 bridgehead atoms. The molecule has 2 aromatic carbocycles. The first-order valence-corrected chi connectivity index (χ1v) is 9.18. The van der Waals surface area contributed by atoms with E-state index in [9.17, 15) is 5.11 Å². The molecule has 0 aliphatic carbocycles. The van der Waals surface area contributed by atoms with Crippen molar-refractivity contribution in [3.63, 3.8) is 0 Å². The van der Waals surface area contributed by atoms with Crippen molar-refractivity contribution < 1.29 is 5.11 Å². The number of rotatable bonds is 3. The van der Waals surface area contributed by atoms with Gasteiger partial charge in [-0.15, -0.1) is 0 Å². The Morgan fingerprint density at radius 2 is 1.72 bits per heavy atom. The Morgan fingerprint density at radius 3 is 2.52 bits per heavy atom. The van der Waals surface area contributed by atoms with Crippen LogP contribution in [0.25, 0.3) is 10.9 Å². The minimum atomic E-state index is -0.0552. The standard InChI is InChI=1S/C21H21ClN2O/c22-18-9-3-2-8-16(18)20(24-13-4-1-5-14-24)17-11-10-15-7-6-12-23-19(15)21(17)25/h2-3,6-12,20,25H,1,4-5,13-14H2. The zero-order valence-electron chi connectivity index (χ0n) is 14.0. The first-order chi connectivity index (χ1) is 12.3. The molecular weight excluding hydrogens is 332 g/mol. The maximum Gasteiger partial charge on any atom is 0.146 e. The van der Waals surface area contributed by atoms with E-state index in [1.165, 1.54) is 19.3 Å². The van der Waals surface area contributed by atoms with Crippen LogP contribution in [0.3, 0.4) is 0 Å². The minimum absolute atomic E-state index is 0.0552.